The Morgan fingerprint density at radius 1 is 1.32 bits per heavy atom. The summed E-state index contributed by atoms with van der Waals surface area (Å²) in [6.07, 6.45) is 1.70. The van der Waals surface area contributed by atoms with Gasteiger partial charge in [-0.2, -0.15) is 5.10 Å². The summed E-state index contributed by atoms with van der Waals surface area (Å²) in [6, 6.07) is 6.77. The lowest BCUT2D eigenvalue weighted by Crippen LogP contribution is -2.24. The first-order chi connectivity index (χ1) is 9.02. The molecule has 3 nitrogen and oxygen atoms in total. The average molecular weight is 278 g/mol. The minimum Gasteiger partial charge on any atom is -0.311 e. The molecule has 0 fully saturated rings. The van der Waals surface area contributed by atoms with Crippen LogP contribution in [0.4, 0.5) is 0 Å². The second kappa shape index (κ2) is 5.76. The van der Waals surface area contributed by atoms with Crippen molar-refractivity contribution in [3.05, 3.63) is 51.8 Å². The summed E-state index contributed by atoms with van der Waals surface area (Å²) < 4.78 is 1.95. The number of aryl methyl sites for hydroxylation is 2. The largest absolute Gasteiger partial charge is 0.311 e. The summed E-state index contributed by atoms with van der Waals surface area (Å²) in [5, 5.41) is 8.41. The fraction of sp³-hybridized carbons (Fsp3) is 0.400. The maximum Gasteiger partial charge on any atom is 0.0814 e. The van der Waals surface area contributed by atoms with Gasteiger partial charge in [0, 0.05) is 0 Å². The molecule has 1 aromatic carbocycles. The molecule has 0 aliphatic rings. The van der Waals surface area contributed by atoms with Crippen LogP contribution in [0.3, 0.4) is 0 Å². The third kappa shape index (κ3) is 2.99. The van der Waals surface area contributed by atoms with Gasteiger partial charge in [-0.15, -0.1) is 0 Å². The van der Waals surface area contributed by atoms with E-state index in [0.717, 1.165) is 17.3 Å². The molecule has 102 valence electrons. The third-order valence-corrected chi connectivity index (χ3v) is 3.93. The Morgan fingerprint density at radius 2 is 2.05 bits per heavy atom. The molecular formula is C15H20ClN3. The van der Waals surface area contributed by atoms with E-state index < -0.39 is 0 Å². The first kappa shape index (κ1) is 14.1. The molecule has 0 bridgehead atoms. The molecule has 0 spiro atoms. The van der Waals surface area contributed by atoms with Gasteiger partial charge >= 0.3 is 0 Å². The van der Waals surface area contributed by atoms with E-state index >= 15 is 0 Å². The van der Waals surface area contributed by atoms with Gasteiger partial charge in [0.2, 0.25) is 0 Å². The van der Waals surface area contributed by atoms with Gasteiger partial charge in [-0.3, -0.25) is 4.68 Å². The highest BCUT2D eigenvalue weighted by Gasteiger charge is 2.15. The third-order valence-electron chi connectivity index (χ3n) is 3.56. The van der Waals surface area contributed by atoms with Crippen LogP contribution in [0.5, 0.6) is 0 Å². The number of nitrogens with one attached hydrogen (secondary N) is 1. The average Bonchev–Trinajstić information content (AvgIpc) is 2.70. The van der Waals surface area contributed by atoms with Gasteiger partial charge in [-0.25, -0.2) is 0 Å². The van der Waals surface area contributed by atoms with Crippen LogP contribution < -0.4 is 5.32 Å². The maximum absolute atomic E-state index is 6.05. The van der Waals surface area contributed by atoms with Crippen molar-refractivity contribution < 1.29 is 0 Å². The summed E-state index contributed by atoms with van der Waals surface area (Å²) in [6.45, 7) is 7.03. The van der Waals surface area contributed by atoms with E-state index in [1.807, 2.05) is 18.7 Å². The lowest BCUT2D eigenvalue weighted by molar-refractivity contribution is 0.460. The standard InChI is InChI=1S/C15H20ClN3/c1-10-5-6-11(2)13(7-10)15(17-4)9-19-12(3)14(16)8-18-19/h5-8,15,17H,9H2,1-4H3. The van der Waals surface area contributed by atoms with Gasteiger partial charge in [0.05, 0.1) is 29.5 Å². The van der Waals surface area contributed by atoms with Gasteiger partial charge in [-0.1, -0.05) is 35.4 Å². The van der Waals surface area contributed by atoms with Crippen LogP contribution in [0.25, 0.3) is 0 Å². The second-order valence-corrected chi connectivity index (χ2v) is 5.37. The maximum atomic E-state index is 6.05. The quantitative estimate of drug-likeness (QED) is 0.928. The molecule has 2 aromatic rings. The fourth-order valence-corrected chi connectivity index (χ4v) is 2.40. The van der Waals surface area contributed by atoms with Crippen molar-refractivity contribution >= 4 is 11.6 Å². The summed E-state index contributed by atoms with van der Waals surface area (Å²) in [5.74, 6) is 0. The van der Waals surface area contributed by atoms with E-state index in [-0.39, 0.29) is 6.04 Å². The molecule has 1 heterocycles. The Bertz CT molecular complexity index is 575. The van der Waals surface area contributed by atoms with E-state index in [1.165, 1.54) is 16.7 Å². The van der Waals surface area contributed by atoms with Crippen LogP contribution in [0.1, 0.15) is 28.4 Å². The Morgan fingerprint density at radius 3 is 2.63 bits per heavy atom. The highest BCUT2D eigenvalue weighted by atomic mass is 35.5. The Kier molecular flexibility index (Phi) is 4.27. The fourth-order valence-electron chi connectivity index (χ4n) is 2.26. The van der Waals surface area contributed by atoms with E-state index in [4.69, 9.17) is 11.6 Å². The summed E-state index contributed by atoms with van der Waals surface area (Å²) >= 11 is 6.05. The molecule has 0 aliphatic carbocycles. The molecule has 0 amide bonds. The lowest BCUT2D eigenvalue weighted by Gasteiger charge is -2.20. The Balaban J connectivity index is 2.30. The number of hydrogen-bond donors (Lipinski definition) is 1. The van der Waals surface area contributed by atoms with Crippen molar-refractivity contribution in [2.24, 2.45) is 0 Å². The number of hydrogen-bond acceptors (Lipinski definition) is 2. The summed E-state index contributed by atoms with van der Waals surface area (Å²) in [5.41, 5.74) is 4.89. The number of rotatable bonds is 4. The molecule has 19 heavy (non-hydrogen) atoms. The predicted molar refractivity (Wildman–Crippen MR) is 79.7 cm³/mol. The van der Waals surface area contributed by atoms with Gasteiger partial charge in [-0.05, 0) is 38.9 Å². The molecule has 0 aliphatic heterocycles. The zero-order chi connectivity index (χ0) is 14.0. The number of nitrogens with zero attached hydrogens (tertiary/aromatic N) is 2. The van der Waals surface area contributed by atoms with Crippen molar-refractivity contribution in [1.82, 2.24) is 15.1 Å². The van der Waals surface area contributed by atoms with Crippen LogP contribution in [0.2, 0.25) is 5.02 Å². The summed E-state index contributed by atoms with van der Waals surface area (Å²) in [4.78, 5) is 0. The SMILES string of the molecule is CNC(Cn1ncc(Cl)c1C)c1cc(C)ccc1C. The lowest BCUT2D eigenvalue weighted by atomic mass is 9.99. The van der Waals surface area contributed by atoms with Crippen molar-refractivity contribution in [3.8, 4) is 0 Å². The minimum atomic E-state index is 0.231. The highest BCUT2D eigenvalue weighted by Crippen LogP contribution is 2.22. The second-order valence-electron chi connectivity index (χ2n) is 4.96. The monoisotopic (exact) mass is 277 g/mol. The molecular weight excluding hydrogens is 258 g/mol. The van der Waals surface area contributed by atoms with Gasteiger partial charge in [0.25, 0.3) is 0 Å². The molecule has 1 N–H and O–H groups in total. The molecule has 0 radical (unpaired) electrons. The Hall–Kier alpha value is -1.32. The van der Waals surface area contributed by atoms with E-state index in [9.17, 15) is 0 Å². The van der Waals surface area contributed by atoms with Crippen LogP contribution in [0.15, 0.2) is 24.4 Å². The number of benzene rings is 1. The van der Waals surface area contributed by atoms with E-state index in [1.54, 1.807) is 6.20 Å². The number of aromatic nitrogens is 2. The van der Waals surface area contributed by atoms with Gasteiger partial charge in [0.15, 0.2) is 0 Å². The van der Waals surface area contributed by atoms with E-state index in [0.29, 0.717) is 0 Å². The van der Waals surface area contributed by atoms with Crippen molar-refractivity contribution in [3.63, 3.8) is 0 Å². The van der Waals surface area contributed by atoms with Crippen LogP contribution in [-0.2, 0) is 6.54 Å². The molecule has 1 aromatic heterocycles. The zero-order valence-electron chi connectivity index (χ0n) is 11.9. The predicted octanol–water partition coefficient (Wildman–Crippen LogP) is 3.42. The normalized spacial score (nSPS) is 12.7. The zero-order valence-corrected chi connectivity index (χ0v) is 12.6. The summed E-state index contributed by atoms with van der Waals surface area (Å²) in [7, 11) is 1.98. The number of halogens is 1. The molecule has 2 rings (SSSR count). The highest BCUT2D eigenvalue weighted by molar-refractivity contribution is 6.31. The molecule has 1 unspecified atom stereocenters. The molecule has 0 saturated carbocycles. The van der Waals surface area contributed by atoms with Crippen LogP contribution >= 0.6 is 11.6 Å². The van der Waals surface area contributed by atoms with Crippen LogP contribution in [-0.4, -0.2) is 16.8 Å². The first-order valence-electron chi connectivity index (χ1n) is 6.45. The smallest absolute Gasteiger partial charge is 0.0814 e. The van der Waals surface area contributed by atoms with Crippen LogP contribution in [0, 0.1) is 20.8 Å². The molecule has 0 saturated heterocycles. The van der Waals surface area contributed by atoms with Gasteiger partial charge < -0.3 is 5.32 Å². The molecule has 1 atom stereocenters. The number of likely N-dealkylation sites (N-methyl/N-ethyl adjacent to an activating group) is 1. The van der Waals surface area contributed by atoms with Crippen molar-refractivity contribution in [1.29, 1.82) is 0 Å². The molecule has 4 heteroatoms. The Labute approximate surface area is 119 Å². The van der Waals surface area contributed by atoms with Crippen molar-refractivity contribution in [2.45, 2.75) is 33.4 Å². The van der Waals surface area contributed by atoms with Crippen molar-refractivity contribution in [2.75, 3.05) is 7.05 Å². The topological polar surface area (TPSA) is 29.9 Å². The van der Waals surface area contributed by atoms with Gasteiger partial charge in [0.1, 0.15) is 0 Å². The van der Waals surface area contributed by atoms with E-state index in [2.05, 4.69) is 42.5 Å². The minimum absolute atomic E-state index is 0.231. The first-order valence-corrected chi connectivity index (χ1v) is 6.83.